The van der Waals surface area contributed by atoms with E-state index in [2.05, 4.69) is 21.2 Å². The zero-order chi connectivity index (χ0) is 13.1. The summed E-state index contributed by atoms with van der Waals surface area (Å²) in [6, 6.07) is 5.63. The van der Waals surface area contributed by atoms with E-state index in [1.807, 2.05) is 11.9 Å². The summed E-state index contributed by atoms with van der Waals surface area (Å²) in [7, 11) is 1.92. The van der Waals surface area contributed by atoms with E-state index in [-0.39, 0.29) is 5.91 Å². The number of rotatable bonds is 3. The first-order valence-corrected chi connectivity index (χ1v) is 7.21. The predicted octanol–water partition coefficient (Wildman–Crippen LogP) is 2.93. The molecule has 1 N–H and O–H groups in total. The van der Waals surface area contributed by atoms with Gasteiger partial charge in [-0.15, -0.1) is 0 Å². The van der Waals surface area contributed by atoms with E-state index in [0.717, 1.165) is 30.4 Å². The van der Waals surface area contributed by atoms with Crippen LogP contribution in [0, 0.1) is 0 Å². The Balaban J connectivity index is 2.17. The number of likely N-dealkylation sites (tertiary alicyclic amines) is 1. The molecule has 1 saturated heterocycles. The molecule has 0 aliphatic carbocycles. The van der Waals surface area contributed by atoms with Gasteiger partial charge in [0, 0.05) is 29.2 Å². The first-order chi connectivity index (χ1) is 8.63. The molecule has 0 aromatic heterocycles. The number of nitrogens with one attached hydrogen (secondary N) is 1. The number of hydrogen-bond donors (Lipinski definition) is 1. The minimum Gasteiger partial charge on any atom is -0.334 e. The maximum absolute atomic E-state index is 12.4. The molecule has 1 unspecified atom stereocenters. The first-order valence-electron chi connectivity index (χ1n) is 6.04. The fraction of sp³-hybridized carbons (Fsp3) is 0.462. The molecule has 3 nitrogen and oxygen atoms in total. The number of amides is 1. The van der Waals surface area contributed by atoms with E-state index >= 15 is 0 Å². The molecule has 0 bridgehead atoms. The Morgan fingerprint density at radius 1 is 1.61 bits per heavy atom. The van der Waals surface area contributed by atoms with E-state index in [0.29, 0.717) is 16.6 Å². The maximum atomic E-state index is 12.4. The quantitative estimate of drug-likeness (QED) is 0.923. The number of nitrogens with zero attached hydrogens (tertiary/aromatic N) is 1. The molecular formula is C13H16BrClN2O. The molecule has 0 spiro atoms. The lowest BCUT2D eigenvalue weighted by Gasteiger charge is -2.24. The summed E-state index contributed by atoms with van der Waals surface area (Å²) >= 11 is 9.30. The molecule has 1 atom stereocenters. The lowest BCUT2D eigenvalue weighted by atomic mass is 10.1. The molecule has 0 radical (unpaired) electrons. The average Bonchev–Trinajstić information content (AvgIpc) is 2.80. The van der Waals surface area contributed by atoms with Gasteiger partial charge < -0.3 is 10.2 Å². The molecule has 18 heavy (non-hydrogen) atoms. The molecule has 1 fully saturated rings. The standard InChI is InChI=1S/C13H16BrClN2O/c1-16-8-10-3-2-6-17(10)13(18)9-4-5-12(15)11(14)7-9/h4-5,7,10,16H,2-3,6,8H2,1H3. The second-order valence-electron chi connectivity index (χ2n) is 4.48. The summed E-state index contributed by atoms with van der Waals surface area (Å²) in [6.45, 7) is 1.69. The van der Waals surface area contributed by atoms with Gasteiger partial charge >= 0.3 is 0 Å². The third-order valence-corrected chi connectivity index (χ3v) is 4.46. The second kappa shape index (κ2) is 6.04. The van der Waals surface area contributed by atoms with Crippen LogP contribution in [0.3, 0.4) is 0 Å². The van der Waals surface area contributed by atoms with Gasteiger partial charge in [-0.2, -0.15) is 0 Å². The van der Waals surface area contributed by atoms with Gasteiger partial charge in [0.05, 0.1) is 5.02 Å². The van der Waals surface area contributed by atoms with Gasteiger partial charge in [-0.25, -0.2) is 0 Å². The number of halogens is 2. The van der Waals surface area contributed by atoms with Crippen LogP contribution in [0.4, 0.5) is 0 Å². The smallest absolute Gasteiger partial charge is 0.254 e. The van der Waals surface area contributed by atoms with Crippen LogP contribution < -0.4 is 5.32 Å². The zero-order valence-corrected chi connectivity index (χ0v) is 12.6. The molecule has 1 amide bonds. The largest absolute Gasteiger partial charge is 0.334 e. The lowest BCUT2D eigenvalue weighted by molar-refractivity contribution is 0.0737. The molecule has 98 valence electrons. The van der Waals surface area contributed by atoms with Crippen molar-refractivity contribution in [1.29, 1.82) is 0 Å². The van der Waals surface area contributed by atoms with Crippen molar-refractivity contribution in [3.05, 3.63) is 33.3 Å². The topological polar surface area (TPSA) is 32.3 Å². The number of likely N-dealkylation sites (N-methyl/N-ethyl adjacent to an activating group) is 1. The van der Waals surface area contributed by atoms with Crippen molar-refractivity contribution in [1.82, 2.24) is 10.2 Å². The maximum Gasteiger partial charge on any atom is 0.254 e. The van der Waals surface area contributed by atoms with Crippen molar-refractivity contribution < 1.29 is 4.79 Å². The van der Waals surface area contributed by atoms with Crippen molar-refractivity contribution in [2.24, 2.45) is 0 Å². The Labute approximate surface area is 121 Å². The summed E-state index contributed by atoms with van der Waals surface area (Å²) in [6.07, 6.45) is 2.15. The molecule has 0 saturated carbocycles. The zero-order valence-electron chi connectivity index (χ0n) is 10.2. The third-order valence-electron chi connectivity index (χ3n) is 3.24. The van der Waals surface area contributed by atoms with Gasteiger partial charge in [0.2, 0.25) is 0 Å². The van der Waals surface area contributed by atoms with E-state index in [4.69, 9.17) is 11.6 Å². The fourth-order valence-electron chi connectivity index (χ4n) is 2.35. The van der Waals surface area contributed by atoms with Crippen LogP contribution in [0.15, 0.2) is 22.7 Å². The Morgan fingerprint density at radius 2 is 2.39 bits per heavy atom. The highest BCUT2D eigenvalue weighted by Gasteiger charge is 2.28. The van der Waals surface area contributed by atoms with E-state index in [1.54, 1.807) is 18.2 Å². The Kier molecular flexibility index (Phi) is 4.65. The van der Waals surface area contributed by atoms with Crippen molar-refractivity contribution in [2.45, 2.75) is 18.9 Å². The second-order valence-corrected chi connectivity index (χ2v) is 5.74. The number of hydrogen-bond acceptors (Lipinski definition) is 2. The Bertz CT molecular complexity index is 453. The summed E-state index contributed by atoms with van der Waals surface area (Å²) in [4.78, 5) is 14.4. The van der Waals surface area contributed by atoms with Crippen LogP contribution in [-0.4, -0.2) is 37.0 Å². The van der Waals surface area contributed by atoms with Gasteiger partial charge in [-0.05, 0) is 54.0 Å². The SMILES string of the molecule is CNCC1CCCN1C(=O)c1ccc(Cl)c(Br)c1. The highest BCUT2D eigenvalue weighted by atomic mass is 79.9. The molecule has 1 heterocycles. The molecule has 1 aliphatic heterocycles. The molecular weight excluding hydrogens is 316 g/mol. The van der Waals surface area contributed by atoms with Gasteiger partial charge in [0.1, 0.15) is 0 Å². The van der Waals surface area contributed by atoms with Gasteiger partial charge in [-0.1, -0.05) is 11.6 Å². The van der Waals surface area contributed by atoms with Crippen molar-refractivity contribution >= 4 is 33.4 Å². The van der Waals surface area contributed by atoms with Crippen LogP contribution in [0.2, 0.25) is 5.02 Å². The fourth-order valence-corrected chi connectivity index (χ4v) is 2.84. The van der Waals surface area contributed by atoms with Crippen LogP contribution in [0.5, 0.6) is 0 Å². The van der Waals surface area contributed by atoms with E-state index in [1.165, 1.54) is 0 Å². The summed E-state index contributed by atoms with van der Waals surface area (Å²) < 4.78 is 0.763. The van der Waals surface area contributed by atoms with Gasteiger partial charge in [-0.3, -0.25) is 4.79 Å². The lowest BCUT2D eigenvalue weighted by Crippen LogP contribution is -2.40. The number of benzene rings is 1. The Hall–Kier alpha value is -0.580. The number of carbonyl (C=O) groups is 1. The minimum atomic E-state index is 0.0881. The Morgan fingerprint density at radius 3 is 3.06 bits per heavy atom. The minimum absolute atomic E-state index is 0.0881. The molecule has 5 heteroatoms. The molecule has 1 aromatic carbocycles. The van der Waals surface area contributed by atoms with Crippen LogP contribution >= 0.6 is 27.5 Å². The highest BCUT2D eigenvalue weighted by Crippen LogP contribution is 2.25. The van der Waals surface area contributed by atoms with Crippen LogP contribution in [-0.2, 0) is 0 Å². The summed E-state index contributed by atoms with van der Waals surface area (Å²) in [5, 5.41) is 3.77. The first kappa shape index (κ1) is 13.8. The third kappa shape index (κ3) is 2.87. The summed E-state index contributed by atoms with van der Waals surface area (Å²) in [5.74, 6) is 0.0881. The molecule has 2 rings (SSSR count). The summed E-state index contributed by atoms with van der Waals surface area (Å²) in [5.41, 5.74) is 0.689. The van der Waals surface area contributed by atoms with Crippen molar-refractivity contribution in [3.8, 4) is 0 Å². The van der Waals surface area contributed by atoms with Gasteiger partial charge in [0.25, 0.3) is 5.91 Å². The molecule has 1 aromatic rings. The highest BCUT2D eigenvalue weighted by molar-refractivity contribution is 9.10. The monoisotopic (exact) mass is 330 g/mol. The normalized spacial score (nSPS) is 19.3. The predicted molar refractivity (Wildman–Crippen MR) is 77.1 cm³/mol. The van der Waals surface area contributed by atoms with E-state index < -0.39 is 0 Å². The van der Waals surface area contributed by atoms with E-state index in [9.17, 15) is 4.79 Å². The van der Waals surface area contributed by atoms with Gasteiger partial charge in [0.15, 0.2) is 0 Å². The van der Waals surface area contributed by atoms with Crippen LogP contribution in [0.1, 0.15) is 23.2 Å². The van der Waals surface area contributed by atoms with Crippen LogP contribution in [0.25, 0.3) is 0 Å². The van der Waals surface area contributed by atoms with Crippen molar-refractivity contribution in [2.75, 3.05) is 20.1 Å². The number of carbonyl (C=O) groups excluding carboxylic acids is 1. The average molecular weight is 332 g/mol. The molecule has 1 aliphatic rings. The van der Waals surface area contributed by atoms with Crippen molar-refractivity contribution in [3.63, 3.8) is 0 Å².